The Bertz CT molecular complexity index is 1040. The minimum Gasteiger partial charge on any atom is -0.495 e. The maximum Gasteiger partial charge on any atom is 0.196 e. The lowest BCUT2D eigenvalue weighted by atomic mass is 10.2. The summed E-state index contributed by atoms with van der Waals surface area (Å²) in [5.41, 5.74) is 1.67. The number of hydrogen-bond donors (Lipinski definition) is 0. The number of nitrogens with zero attached hydrogens (tertiary/aromatic N) is 3. The molecule has 9 heteroatoms. The van der Waals surface area contributed by atoms with E-state index in [1.54, 1.807) is 19.2 Å². The van der Waals surface area contributed by atoms with Crippen molar-refractivity contribution in [3.63, 3.8) is 0 Å². The van der Waals surface area contributed by atoms with Gasteiger partial charge in [-0.25, -0.2) is 8.42 Å². The van der Waals surface area contributed by atoms with Gasteiger partial charge in [0.25, 0.3) is 0 Å². The van der Waals surface area contributed by atoms with Gasteiger partial charge in [-0.1, -0.05) is 53.7 Å². The third-order valence-electron chi connectivity index (χ3n) is 3.74. The van der Waals surface area contributed by atoms with Gasteiger partial charge in [-0.05, 0) is 18.2 Å². The van der Waals surface area contributed by atoms with E-state index >= 15 is 0 Å². The topological polar surface area (TPSA) is 74.1 Å². The fourth-order valence-electron chi connectivity index (χ4n) is 2.45. The van der Waals surface area contributed by atoms with Crippen molar-refractivity contribution in [1.82, 2.24) is 14.8 Å². The molecule has 0 spiro atoms. The van der Waals surface area contributed by atoms with E-state index in [1.807, 2.05) is 41.0 Å². The van der Waals surface area contributed by atoms with Gasteiger partial charge in [-0.15, -0.1) is 10.2 Å². The molecule has 1 heterocycles. The second-order valence-electron chi connectivity index (χ2n) is 5.80. The molecule has 0 aliphatic heterocycles. The molecule has 0 amide bonds. The number of rotatable bonds is 7. The largest absolute Gasteiger partial charge is 0.495 e. The molecule has 0 atom stereocenters. The number of sulfone groups is 1. The Kier molecular flexibility index (Phi) is 6.08. The first-order valence-corrected chi connectivity index (χ1v) is 11.5. The third kappa shape index (κ3) is 4.82. The normalized spacial score (nSPS) is 11.5. The number of benzene rings is 2. The molecule has 2 aromatic carbocycles. The summed E-state index contributed by atoms with van der Waals surface area (Å²) < 4.78 is 30.0. The first-order chi connectivity index (χ1) is 12.9. The Hall–Kier alpha value is -2.03. The lowest BCUT2D eigenvalue weighted by molar-refractivity contribution is 0.415. The Morgan fingerprint density at radius 1 is 1.15 bits per heavy atom. The van der Waals surface area contributed by atoms with Crippen molar-refractivity contribution in [3.05, 3.63) is 53.6 Å². The number of ether oxygens (including phenoxy) is 1. The van der Waals surface area contributed by atoms with Crippen molar-refractivity contribution in [2.24, 2.45) is 0 Å². The number of halogens is 1. The quantitative estimate of drug-likeness (QED) is 0.539. The van der Waals surface area contributed by atoms with Crippen molar-refractivity contribution in [2.75, 3.05) is 24.9 Å². The van der Waals surface area contributed by atoms with E-state index < -0.39 is 9.84 Å². The second kappa shape index (κ2) is 8.33. The molecule has 142 valence electrons. The Morgan fingerprint density at radius 2 is 1.89 bits per heavy atom. The van der Waals surface area contributed by atoms with Crippen LogP contribution in [0.15, 0.2) is 53.7 Å². The van der Waals surface area contributed by atoms with Gasteiger partial charge in [0, 0.05) is 17.6 Å². The maximum absolute atomic E-state index is 11.4. The van der Waals surface area contributed by atoms with Gasteiger partial charge in [0.15, 0.2) is 11.0 Å². The average Bonchev–Trinajstić information content (AvgIpc) is 3.05. The lowest BCUT2D eigenvalue weighted by Crippen LogP contribution is -2.06. The molecule has 3 rings (SSSR count). The molecule has 0 unspecified atom stereocenters. The van der Waals surface area contributed by atoms with Gasteiger partial charge < -0.3 is 4.74 Å². The molecule has 3 aromatic rings. The maximum atomic E-state index is 11.4. The highest BCUT2D eigenvalue weighted by Crippen LogP contribution is 2.32. The zero-order chi connectivity index (χ0) is 19.4. The predicted octanol–water partition coefficient (Wildman–Crippen LogP) is 3.73. The summed E-state index contributed by atoms with van der Waals surface area (Å²) in [6.45, 7) is 0. The Morgan fingerprint density at radius 3 is 2.52 bits per heavy atom. The highest BCUT2D eigenvalue weighted by Gasteiger charge is 2.17. The van der Waals surface area contributed by atoms with E-state index in [1.165, 1.54) is 18.0 Å². The van der Waals surface area contributed by atoms with Crippen molar-refractivity contribution in [3.8, 4) is 22.8 Å². The Balaban J connectivity index is 2.04. The molecule has 0 aliphatic rings. The fraction of sp³-hybridized carbons (Fsp3) is 0.222. The standard InChI is InChI=1S/C18H18ClN3O3S2/c1-25-16-9-8-14(12-15(16)19)22-17(13-6-4-3-5-7-13)20-21-18(22)26-10-11-27(2,23)24/h3-9,12H,10-11H2,1-2H3. The molecule has 27 heavy (non-hydrogen) atoms. The van der Waals surface area contributed by atoms with Crippen molar-refractivity contribution >= 4 is 33.2 Å². The molecule has 0 fully saturated rings. The van der Waals surface area contributed by atoms with Crippen LogP contribution in [-0.4, -0.2) is 48.1 Å². The summed E-state index contributed by atoms with van der Waals surface area (Å²) in [5, 5.41) is 9.65. The average molecular weight is 424 g/mol. The van der Waals surface area contributed by atoms with Gasteiger partial charge in [0.2, 0.25) is 0 Å². The molecule has 0 saturated carbocycles. The van der Waals surface area contributed by atoms with E-state index in [0.717, 1.165) is 11.3 Å². The third-order valence-corrected chi connectivity index (χ3v) is 6.17. The highest BCUT2D eigenvalue weighted by atomic mass is 35.5. The molecule has 0 N–H and O–H groups in total. The van der Waals surface area contributed by atoms with Gasteiger partial charge in [-0.3, -0.25) is 4.57 Å². The van der Waals surface area contributed by atoms with Crippen LogP contribution in [0.1, 0.15) is 0 Å². The van der Waals surface area contributed by atoms with E-state index in [9.17, 15) is 8.42 Å². The van der Waals surface area contributed by atoms with Crippen LogP contribution < -0.4 is 4.74 Å². The second-order valence-corrected chi connectivity index (χ2v) is 9.53. The molecule has 0 radical (unpaired) electrons. The molecule has 0 aliphatic carbocycles. The summed E-state index contributed by atoms with van der Waals surface area (Å²) in [5.74, 6) is 1.67. The van der Waals surface area contributed by atoms with Crippen LogP contribution >= 0.6 is 23.4 Å². The number of aromatic nitrogens is 3. The van der Waals surface area contributed by atoms with Gasteiger partial charge in [-0.2, -0.15) is 0 Å². The summed E-state index contributed by atoms with van der Waals surface area (Å²) >= 11 is 7.63. The minimum atomic E-state index is -3.05. The predicted molar refractivity (Wildman–Crippen MR) is 109 cm³/mol. The van der Waals surface area contributed by atoms with Gasteiger partial charge >= 0.3 is 0 Å². The van der Waals surface area contributed by atoms with Gasteiger partial charge in [0.05, 0.1) is 23.6 Å². The molecular weight excluding hydrogens is 406 g/mol. The van der Waals surface area contributed by atoms with Crippen LogP contribution in [0, 0.1) is 0 Å². The van der Waals surface area contributed by atoms with E-state index in [2.05, 4.69) is 10.2 Å². The number of hydrogen-bond acceptors (Lipinski definition) is 6. The smallest absolute Gasteiger partial charge is 0.196 e. The van der Waals surface area contributed by atoms with Crippen LogP contribution in [0.3, 0.4) is 0 Å². The van der Waals surface area contributed by atoms with E-state index in [0.29, 0.717) is 27.5 Å². The molecular formula is C18H18ClN3O3S2. The zero-order valence-electron chi connectivity index (χ0n) is 14.8. The first kappa shape index (κ1) is 19.7. The number of methoxy groups -OCH3 is 1. The van der Waals surface area contributed by atoms with Crippen LogP contribution in [0.2, 0.25) is 5.02 Å². The van der Waals surface area contributed by atoms with Crippen molar-refractivity contribution in [1.29, 1.82) is 0 Å². The van der Waals surface area contributed by atoms with E-state index in [-0.39, 0.29) is 5.75 Å². The first-order valence-electron chi connectivity index (χ1n) is 8.04. The van der Waals surface area contributed by atoms with Crippen LogP contribution in [0.4, 0.5) is 0 Å². The van der Waals surface area contributed by atoms with E-state index in [4.69, 9.17) is 16.3 Å². The Labute approximate surface area is 167 Å². The minimum absolute atomic E-state index is 0.0641. The summed E-state index contributed by atoms with van der Waals surface area (Å²) in [6, 6.07) is 15.1. The van der Waals surface area contributed by atoms with Gasteiger partial charge in [0.1, 0.15) is 15.6 Å². The molecule has 0 saturated heterocycles. The van der Waals surface area contributed by atoms with Crippen LogP contribution in [0.25, 0.3) is 17.1 Å². The SMILES string of the molecule is COc1ccc(-n2c(SCCS(C)(=O)=O)nnc2-c2ccccc2)cc1Cl. The lowest BCUT2D eigenvalue weighted by Gasteiger charge is -2.12. The van der Waals surface area contributed by atoms with Crippen molar-refractivity contribution in [2.45, 2.75) is 5.16 Å². The summed E-state index contributed by atoms with van der Waals surface area (Å²) in [4.78, 5) is 0. The zero-order valence-corrected chi connectivity index (χ0v) is 17.2. The molecule has 0 bridgehead atoms. The molecule has 1 aromatic heterocycles. The van der Waals surface area contributed by atoms with Crippen LogP contribution in [-0.2, 0) is 9.84 Å². The molecule has 6 nitrogen and oxygen atoms in total. The fourth-order valence-corrected chi connectivity index (χ4v) is 4.85. The monoisotopic (exact) mass is 423 g/mol. The summed E-state index contributed by atoms with van der Waals surface area (Å²) in [6.07, 6.45) is 1.22. The number of thioether (sulfide) groups is 1. The van der Waals surface area contributed by atoms with Crippen LogP contribution in [0.5, 0.6) is 5.75 Å². The van der Waals surface area contributed by atoms with Crippen molar-refractivity contribution < 1.29 is 13.2 Å². The summed E-state index contributed by atoms with van der Waals surface area (Å²) in [7, 11) is -1.49. The highest BCUT2D eigenvalue weighted by molar-refractivity contribution is 8.00.